The molecule has 1 N–H and O–H groups in total. The molecule has 0 aliphatic heterocycles. The number of nitrogens with one attached hydrogen (secondary N) is 1. The highest BCUT2D eigenvalue weighted by atomic mass is 32.1. The Balaban J connectivity index is 2.58. The Morgan fingerprint density at radius 1 is 1.44 bits per heavy atom. The molecule has 2 aromatic rings. The summed E-state index contributed by atoms with van der Waals surface area (Å²) in [6.07, 6.45) is 3.52. The van der Waals surface area contributed by atoms with Crippen LogP contribution in [0.25, 0.3) is 11.5 Å². The third-order valence-corrected chi connectivity index (χ3v) is 2.65. The van der Waals surface area contributed by atoms with Gasteiger partial charge in [-0.3, -0.25) is 0 Å². The van der Waals surface area contributed by atoms with Gasteiger partial charge in [0.1, 0.15) is 10.3 Å². The molecular weight excluding hydrogens is 220 g/mol. The van der Waals surface area contributed by atoms with Gasteiger partial charge in [-0.05, 0) is 12.0 Å². The first-order chi connectivity index (χ1) is 7.58. The molecule has 0 unspecified atom stereocenters. The predicted molar refractivity (Wildman–Crippen MR) is 65.7 cm³/mol. The Hall–Kier alpha value is -1.49. The van der Waals surface area contributed by atoms with Gasteiger partial charge >= 0.3 is 0 Å². The molecule has 2 aromatic heterocycles. The summed E-state index contributed by atoms with van der Waals surface area (Å²) >= 11 is 5.16. The lowest BCUT2D eigenvalue weighted by Gasteiger charge is -2.08. The van der Waals surface area contributed by atoms with Gasteiger partial charge in [0.15, 0.2) is 5.82 Å². The fourth-order valence-electron chi connectivity index (χ4n) is 1.49. The van der Waals surface area contributed by atoms with Gasteiger partial charge in [0.2, 0.25) is 0 Å². The van der Waals surface area contributed by atoms with Crippen LogP contribution in [0.4, 0.5) is 0 Å². The second kappa shape index (κ2) is 4.17. The molecule has 2 rings (SSSR count). The van der Waals surface area contributed by atoms with Gasteiger partial charge in [-0.25, -0.2) is 9.97 Å². The molecule has 84 valence electrons. The molecule has 0 bridgehead atoms. The average molecular weight is 234 g/mol. The smallest absolute Gasteiger partial charge is 0.157 e. The van der Waals surface area contributed by atoms with Crippen LogP contribution in [0.2, 0.25) is 0 Å². The molecule has 16 heavy (non-hydrogen) atoms. The minimum Gasteiger partial charge on any atom is -0.342 e. The van der Waals surface area contributed by atoms with Crippen molar-refractivity contribution in [2.24, 2.45) is 7.05 Å². The van der Waals surface area contributed by atoms with Gasteiger partial charge in [0, 0.05) is 12.7 Å². The van der Waals surface area contributed by atoms with E-state index in [1.54, 1.807) is 12.5 Å². The molecule has 0 saturated heterocycles. The molecule has 0 aromatic carbocycles. The van der Waals surface area contributed by atoms with E-state index in [2.05, 4.69) is 28.8 Å². The lowest BCUT2D eigenvalue weighted by atomic mass is 10.1. The minimum absolute atomic E-state index is 0.400. The average Bonchev–Trinajstić information content (AvgIpc) is 2.63. The zero-order chi connectivity index (χ0) is 11.7. The van der Waals surface area contributed by atoms with Crippen LogP contribution >= 0.6 is 12.2 Å². The van der Waals surface area contributed by atoms with Gasteiger partial charge < -0.3 is 9.55 Å². The summed E-state index contributed by atoms with van der Waals surface area (Å²) in [5.41, 5.74) is 2.03. The van der Waals surface area contributed by atoms with E-state index in [0.29, 0.717) is 10.6 Å². The van der Waals surface area contributed by atoms with E-state index >= 15 is 0 Å². The molecule has 0 atom stereocenters. The standard InChI is InChI=1S/C11H14N4S/c1-7(2)8-4-10(16)14-11(13-8)9-5-12-6-15(9)3/h4-7H,1-3H3,(H,13,14,16). The van der Waals surface area contributed by atoms with Crippen LogP contribution in [0.5, 0.6) is 0 Å². The summed E-state index contributed by atoms with van der Waals surface area (Å²) in [5, 5.41) is 0. The van der Waals surface area contributed by atoms with Crippen molar-refractivity contribution in [3.63, 3.8) is 0 Å². The lowest BCUT2D eigenvalue weighted by Crippen LogP contribution is -2.00. The molecular formula is C11H14N4S. The van der Waals surface area contributed by atoms with E-state index in [-0.39, 0.29) is 0 Å². The highest BCUT2D eigenvalue weighted by molar-refractivity contribution is 7.71. The van der Waals surface area contributed by atoms with Crippen LogP contribution in [-0.2, 0) is 7.05 Å². The van der Waals surface area contributed by atoms with Crippen LogP contribution in [0.1, 0.15) is 25.5 Å². The van der Waals surface area contributed by atoms with Crippen LogP contribution in [0, 0.1) is 4.64 Å². The van der Waals surface area contributed by atoms with E-state index in [1.165, 1.54) is 0 Å². The maximum absolute atomic E-state index is 5.16. The van der Waals surface area contributed by atoms with Crippen molar-refractivity contribution >= 4 is 12.2 Å². The first-order valence-electron chi connectivity index (χ1n) is 5.16. The molecule has 0 fully saturated rings. The van der Waals surface area contributed by atoms with Crippen molar-refractivity contribution in [3.8, 4) is 11.5 Å². The van der Waals surface area contributed by atoms with Crippen molar-refractivity contribution in [2.45, 2.75) is 19.8 Å². The molecule has 0 aliphatic rings. The number of hydrogen-bond acceptors (Lipinski definition) is 3. The minimum atomic E-state index is 0.400. The molecule has 0 saturated carbocycles. The SMILES string of the molecule is CC(C)c1cc(=S)nc(-c2cncn2C)[nH]1. The van der Waals surface area contributed by atoms with E-state index < -0.39 is 0 Å². The number of imidazole rings is 1. The molecule has 2 heterocycles. The molecule has 0 radical (unpaired) electrons. The Kier molecular flexibility index (Phi) is 2.87. The van der Waals surface area contributed by atoms with Crippen molar-refractivity contribution < 1.29 is 0 Å². The second-order valence-corrected chi connectivity index (χ2v) is 4.49. The first kappa shape index (κ1) is 11.0. The first-order valence-corrected chi connectivity index (χ1v) is 5.56. The van der Waals surface area contributed by atoms with Crippen molar-refractivity contribution in [3.05, 3.63) is 28.9 Å². The van der Waals surface area contributed by atoms with Gasteiger partial charge in [-0.15, -0.1) is 0 Å². The summed E-state index contributed by atoms with van der Waals surface area (Å²) in [4.78, 5) is 11.7. The largest absolute Gasteiger partial charge is 0.342 e. The van der Waals surface area contributed by atoms with Gasteiger partial charge in [0.25, 0.3) is 0 Å². The lowest BCUT2D eigenvalue weighted by molar-refractivity contribution is 0.809. The number of H-pyrrole nitrogens is 1. The van der Waals surface area contributed by atoms with Crippen molar-refractivity contribution in [1.29, 1.82) is 0 Å². The fourth-order valence-corrected chi connectivity index (χ4v) is 1.71. The van der Waals surface area contributed by atoms with Crippen molar-refractivity contribution in [2.75, 3.05) is 0 Å². The number of hydrogen-bond donors (Lipinski definition) is 1. The molecule has 0 aliphatic carbocycles. The maximum atomic E-state index is 5.16. The monoisotopic (exact) mass is 234 g/mol. The quantitative estimate of drug-likeness (QED) is 0.813. The van der Waals surface area contributed by atoms with E-state index in [0.717, 1.165) is 17.2 Å². The summed E-state index contributed by atoms with van der Waals surface area (Å²) < 4.78 is 2.52. The second-order valence-electron chi connectivity index (χ2n) is 4.07. The number of aromatic nitrogens is 4. The van der Waals surface area contributed by atoms with Crippen LogP contribution < -0.4 is 0 Å². The zero-order valence-corrected chi connectivity index (χ0v) is 10.4. The molecule has 0 spiro atoms. The number of aromatic amines is 1. The Labute approximate surface area is 99.4 Å². The Morgan fingerprint density at radius 3 is 2.75 bits per heavy atom. The predicted octanol–water partition coefficient (Wildman–Crippen LogP) is 2.66. The Bertz CT molecular complexity index is 553. The topological polar surface area (TPSA) is 46.5 Å². The van der Waals surface area contributed by atoms with E-state index in [1.807, 2.05) is 17.7 Å². The van der Waals surface area contributed by atoms with Gasteiger partial charge in [0.05, 0.1) is 12.5 Å². The van der Waals surface area contributed by atoms with Crippen LogP contribution in [-0.4, -0.2) is 19.5 Å². The summed E-state index contributed by atoms with van der Waals surface area (Å²) in [6, 6.07) is 1.90. The number of aryl methyl sites for hydroxylation is 1. The van der Waals surface area contributed by atoms with Crippen LogP contribution in [0.15, 0.2) is 18.6 Å². The van der Waals surface area contributed by atoms with E-state index in [4.69, 9.17) is 12.2 Å². The van der Waals surface area contributed by atoms with Gasteiger partial charge in [-0.2, -0.15) is 0 Å². The molecule has 4 nitrogen and oxygen atoms in total. The van der Waals surface area contributed by atoms with Crippen molar-refractivity contribution in [1.82, 2.24) is 19.5 Å². The fraction of sp³-hybridized carbons (Fsp3) is 0.364. The summed E-state index contributed by atoms with van der Waals surface area (Å²) in [6.45, 7) is 4.24. The highest BCUT2D eigenvalue weighted by Crippen LogP contribution is 2.17. The highest BCUT2D eigenvalue weighted by Gasteiger charge is 2.07. The molecule has 5 heteroatoms. The normalized spacial score (nSPS) is 11.0. The Morgan fingerprint density at radius 2 is 2.19 bits per heavy atom. The summed E-state index contributed by atoms with van der Waals surface area (Å²) in [5.74, 6) is 1.17. The van der Waals surface area contributed by atoms with Gasteiger partial charge in [-0.1, -0.05) is 26.1 Å². The third kappa shape index (κ3) is 2.04. The number of rotatable bonds is 2. The molecule has 0 amide bonds. The van der Waals surface area contributed by atoms with E-state index in [9.17, 15) is 0 Å². The zero-order valence-electron chi connectivity index (χ0n) is 9.56. The third-order valence-electron chi connectivity index (χ3n) is 2.45. The maximum Gasteiger partial charge on any atom is 0.157 e. The van der Waals surface area contributed by atoms with Crippen LogP contribution in [0.3, 0.4) is 0 Å². The summed E-state index contributed by atoms with van der Waals surface area (Å²) in [7, 11) is 1.93. The number of nitrogens with zero attached hydrogens (tertiary/aromatic N) is 3.